The summed E-state index contributed by atoms with van der Waals surface area (Å²) in [5, 5.41) is 7.86. The summed E-state index contributed by atoms with van der Waals surface area (Å²) in [6.07, 6.45) is 2.20. The highest BCUT2D eigenvalue weighted by molar-refractivity contribution is 5.84. The fourth-order valence-corrected chi connectivity index (χ4v) is 4.03. The van der Waals surface area contributed by atoms with Crippen molar-refractivity contribution in [1.29, 1.82) is 0 Å². The van der Waals surface area contributed by atoms with Crippen LogP contribution in [0.3, 0.4) is 0 Å². The van der Waals surface area contributed by atoms with Gasteiger partial charge in [0.15, 0.2) is 0 Å². The van der Waals surface area contributed by atoms with Crippen LogP contribution in [0.2, 0.25) is 0 Å². The second-order valence-electron chi connectivity index (χ2n) is 9.58. The third-order valence-electron chi connectivity index (χ3n) is 5.68. The smallest absolute Gasteiger partial charge is 0.407 e. The fourth-order valence-electron chi connectivity index (χ4n) is 4.03. The van der Waals surface area contributed by atoms with Crippen molar-refractivity contribution in [3.8, 4) is 0 Å². The highest BCUT2D eigenvalue weighted by Gasteiger charge is 2.28. The van der Waals surface area contributed by atoms with Crippen molar-refractivity contribution in [3.63, 3.8) is 0 Å². The number of nitrogens with zero attached hydrogens (tertiary/aromatic N) is 1. The van der Waals surface area contributed by atoms with Crippen molar-refractivity contribution < 1.29 is 19.1 Å². The molecule has 7 heteroatoms. The van der Waals surface area contributed by atoms with Crippen LogP contribution in [0.15, 0.2) is 42.5 Å². The zero-order valence-corrected chi connectivity index (χ0v) is 19.9. The number of carbonyl (C=O) groups is 3. The van der Waals surface area contributed by atoms with Crippen molar-refractivity contribution in [2.45, 2.75) is 52.1 Å². The van der Waals surface area contributed by atoms with Crippen molar-refractivity contribution in [3.05, 3.63) is 48.0 Å². The standard InChI is InChI=1S/C26H35N3O4/c1-26(2,3)33-25(32)28-15-14-27-24(31)22-9-6-16-29(18-22)23(30)13-11-19-10-12-20-7-4-5-8-21(20)17-19/h4-5,7-8,10,12,17,22H,6,9,11,13-16,18H2,1-3H3,(H,27,31)(H,28,32). The van der Waals surface area contributed by atoms with E-state index in [0.29, 0.717) is 39.0 Å². The van der Waals surface area contributed by atoms with Crippen molar-refractivity contribution in [1.82, 2.24) is 15.5 Å². The van der Waals surface area contributed by atoms with E-state index in [1.54, 1.807) is 20.8 Å². The predicted molar refractivity (Wildman–Crippen MR) is 129 cm³/mol. The van der Waals surface area contributed by atoms with Crippen LogP contribution in [0, 0.1) is 5.92 Å². The quantitative estimate of drug-likeness (QED) is 0.627. The number of hydrogen-bond donors (Lipinski definition) is 2. The van der Waals surface area contributed by atoms with Crippen LogP contribution >= 0.6 is 0 Å². The van der Waals surface area contributed by atoms with Crippen molar-refractivity contribution in [2.75, 3.05) is 26.2 Å². The molecule has 1 heterocycles. The van der Waals surface area contributed by atoms with Crippen LogP contribution in [-0.2, 0) is 20.7 Å². The first kappa shape index (κ1) is 24.6. The summed E-state index contributed by atoms with van der Waals surface area (Å²) < 4.78 is 5.17. The molecule has 0 radical (unpaired) electrons. The number of benzene rings is 2. The minimum atomic E-state index is -0.556. The van der Waals surface area contributed by atoms with Gasteiger partial charge in [0.25, 0.3) is 0 Å². The summed E-state index contributed by atoms with van der Waals surface area (Å²) >= 11 is 0. The lowest BCUT2D eigenvalue weighted by molar-refractivity contribution is -0.135. The maximum Gasteiger partial charge on any atom is 0.407 e. The molecule has 1 atom stereocenters. The lowest BCUT2D eigenvalue weighted by Crippen LogP contribution is -2.46. The Hall–Kier alpha value is -3.09. The molecule has 7 nitrogen and oxygen atoms in total. The van der Waals surface area contributed by atoms with Gasteiger partial charge in [-0.2, -0.15) is 0 Å². The Kier molecular flexibility index (Phi) is 8.31. The van der Waals surface area contributed by atoms with Crippen LogP contribution in [0.1, 0.15) is 45.6 Å². The molecule has 33 heavy (non-hydrogen) atoms. The summed E-state index contributed by atoms with van der Waals surface area (Å²) in [4.78, 5) is 38.8. The van der Waals surface area contributed by atoms with Gasteiger partial charge in [0.2, 0.25) is 11.8 Å². The van der Waals surface area contributed by atoms with Gasteiger partial charge in [-0.3, -0.25) is 9.59 Å². The largest absolute Gasteiger partial charge is 0.444 e. The Balaban J connectivity index is 1.40. The Labute approximate surface area is 195 Å². The summed E-state index contributed by atoms with van der Waals surface area (Å²) in [6.45, 7) is 7.15. The van der Waals surface area contributed by atoms with E-state index < -0.39 is 11.7 Å². The van der Waals surface area contributed by atoms with Gasteiger partial charge in [-0.05, 0) is 56.4 Å². The van der Waals surface area contributed by atoms with Crippen LogP contribution in [-0.4, -0.2) is 54.6 Å². The van der Waals surface area contributed by atoms with Gasteiger partial charge in [-0.25, -0.2) is 4.79 Å². The maximum atomic E-state index is 12.8. The van der Waals surface area contributed by atoms with E-state index in [1.807, 2.05) is 17.0 Å². The first-order valence-electron chi connectivity index (χ1n) is 11.7. The molecule has 1 aliphatic heterocycles. The van der Waals surface area contributed by atoms with E-state index >= 15 is 0 Å². The van der Waals surface area contributed by atoms with E-state index in [0.717, 1.165) is 18.4 Å². The van der Waals surface area contributed by atoms with Gasteiger partial charge in [0.05, 0.1) is 5.92 Å². The maximum absolute atomic E-state index is 12.8. The van der Waals surface area contributed by atoms with Crippen molar-refractivity contribution >= 4 is 28.7 Å². The van der Waals surface area contributed by atoms with Gasteiger partial charge in [-0.1, -0.05) is 42.5 Å². The second-order valence-corrected chi connectivity index (χ2v) is 9.58. The summed E-state index contributed by atoms with van der Waals surface area (Å²) in [6, 6.07) is 14.5. The highest BCUT2D eigenvalue weighted by atomic mass is 16.6. The second kappa shape index (κ2) is 11.2. The van der Waals surface area contributed by atoms with E-state index in [4.69, 9.17) is 4.74 Å². The molecule has 1 unspecified atom stereocenters. The number of amides is 3. The minimum Gasteiger partial charge on any atom is -0.444 e. The Morgan fingerprint density at radius 1 is 1.03 bits per heavy atom. The van der Waals surface area contributed by atoms with Gasteiger partial charge < -0.3 is 20.3 Å². The third kappa shape index (κ3) is 7.77. The molecule has 2 N–H and O–H groups in total. The molecular formula is C26H35N3O4. The van der Waals surface area contributed by atoms with Crippen LogP contribution in [0.5, 0.6) is 0 Å². The van der Waals surface area contributed by atoms with Crippen LogP contribution < -0.4 is 10.6 Å². The molecule has 0 aromatic heterocycles. The molecule has 2 aromatic carbocycles. The molecule has 0 spiro atoms. The Morgan fingerprint density at radius 2 is 1.76 bits per heavy atom. The monoisotopic (exact) mass is 453 g/mol. The number of aryl methyl sites for hydroxylation is 1. The number of carbonyl (C=O) groups excluding carboxylic acids is 3. The van der Waals surface area contributed by atoms with Gasteiger partial charge in [-0.15, -0.1) is 0 Å². The first-order chi connectivity index (χ1) is 15.7. The van der Waals surface area contributed by atoms with Crippen molar-refractivity contribution in [2.24, 2.45) is 5.92 Å². The van der Waals surface area contributed by atoms with Crippen LogP contribution in [0.25, 0.3) is 10.8 Å². The Bertz CT molecular complexity index is 983. The molecule has 1 fully saturated rings. The molecule has 3 amide bonds. The van der Waals surface area contributed by atoms with E-state index in [1.165, 1.54) is 10.8 Å². The van der Waals surface area contributed by atoms with Gasteiger partial charge in [0, 0.05) is 32.6 Å². The molecule has 1 saturated heterocycles. The highest BCUT2D eigenvalue weighted by Crippen LogP contribution is 2.20. The fraction of sp³-hybridized carbons (Fsp3) is 0.500. The van der Waals surface area contributed by atoms with E-state index in [2.05, 4.69) is 41.0 Å². The van der Waals surface area contributed by atoms with Gasteiger partial charge >= 0.3 is 6.09 Å². The number of piperidine rings is 1. The SMILES string of the molecule is CC(C)(C)OC(=O)NCCNC(=O)C1CCCN(C(=O)CCc2ccc3ccccc3c2)C1. The van der Waals surface area contributed by atoms with E-state index in [9.17, 15) is 14.4 Å². The molecule has 178 valence electrons. The van der Waals surface area contributed by atoms with E-state index in [-0.39, 0.29) is 17.7 Å². The molecule has 3 rings (SSSR count). The lowest BCUT2D eigenvalue weighted by atomic mass is 9.96. The molecule has 0 bridgehead atoms. The minimum absolute atomic E-state index is 0.0759. The van der Waals surface area contributed by atoms with Crippen LogP contribution in [0.4, 0.5) is 4.79 Å². The topological polar surface area (TPSA) is 87.7 Å². The molecule has 1 aliphatic rings. The molecule has 2 aromatic rings. The molecular weight excluding hydrogens is 418 g/mol. The number of fused-ring (bicyclic) bond motifs is 1. The number of ether oxygens (including phenoxy) is 1. The number of likely N-dealkylation sites (tertiary alicyclic amines) is 1. The number of alkyl carbamates (subject to hydrolysis) is 1. The van der Waals surface area contributed by atoms with Gasteiger partial charge in [0.1, 0.15) is 5.60 Å². The zero-order valence-electron chi connectivity index (χ0n) is 19.9. The average molecular weight is 454 g/mol. The lowest BCUT2D eigenvalue weighted by Gasteiger charge is -2.32. The molecule has 0 saturated carbocycles. The predicted octanol–water partition coefficient (Wildman–Crippen LogP) is 3.65. The Morgan fingerprint density at radius 3 is 2.52 bits per heavy atom. The summed E-state index contributed by atoms with van der Waals surface area (Å²) in [5.41, 5.74) is 0.588. The number of hydrogen-bond acceptors (Lipinski definition) is 4. The average Bonchev–Trinajstić information content (AvgIpc) is 2.79. The number of nitrogens with one attached hydrogen (secondary N) is 2. The normalized spacial score (nSPS) is 16.3. The summed E-state index contributed by atoms with van der Waals surface area (Å²) in [7, 11) is 0. The zero-order chi connectivity index (χ0) is 23.8. The number of rotatable bonds is 7. The molecule has 0 aliphatic carbocycles. The first-order valence-corrected chi connectivity index (χ1v) is 11.7. The third-order valence-corrected chi connectivity index (χ3v) is 5.68. The summed E-state index contributed by atoms with van der Waals surface area (Å²) in [5.74, 6) is -0.204.